The molecule has 0 atom stereocenters. The first-order chi connectivity index (χ1) is 15.6. The third kappa shape index (κ3) is 6.56. The summed E-state index contributed by atoms with van der Waals surface area (Å²) in [5, 5.41) is 6.56. The van der Waals surface area contributed by atoms with Crippen LogP contribution in [0.5, 0.6) is 23.0 Å². The number of ether oxygens (including phenoxy) is 4. The number of fused-ring (bicyclic) bond motifs is 1. The number of amides is 1. The van der Waals surface area contributed by atoms with Crippen molar-refractivity contribution in [1.29, 1.82) is 0 Å². The Morgan fingerprint density at radius 2 is 1.79 bits per heavy atom. The van der Waals surface area contributed by atoms with Gasteiger partial charge in [0.15, 0.2) is 24.1 Å². The number of benzene rings is 2. The summed E-state index contributed by atoms with van der Waals surface area (Å²) in [6, 6.07) is 11.4. The number of halogens is 1. The third-order valence-corrected chi connectivity index (χ3v) is 5.07. The number of guanidine groups is 1. The monoisotopic (exact) mass is 570 g/mol. The van der Waals surface area contributed by atoms with Gasteiger partial charge in [-0.15, -0.1) is 24.0 Å². The summed E-state index contributed by atoms with van der Waals surface area (Å²) in [4.78, 5) is 18.3. The second-order valence-electron chi connectivity index (χ2n) is 7.04. The summed E-state index contributed by atoms with van der Waals surface area (Å²) in [7, 11) is 6.47. The fraction of sp³-hybridized carbons (Fsp3) is 0.391. The highest BCUT2D eigenvalue weighted by molar-refractivity contribution is 14.0. The lowest BCUT2D eigenvalue weighted by Gasteiger charge is -2.29. The molecule has 0 radical (unpaired) electrons. The van der Waals surface area contributed by atoms with Gasteiger partial charge in [-0.25, -0.2) is 0 Å². The maximum Gasteiger partial charge on any atom is 0.265 e. The summed E-state index contributed by atoms with van der Waals surface area (Å²) in [6.07, 6.45) is 0.755. The van der Waals surface area contributed by atoms with Crippen LogP contribution in [0.15, 0.2) is 41.4 Å². The molecule has 0 unspecified atom stereocenters. The topological polar surface area (TPSA) is 93.7 Å². The van der Waals surface area contributed by atoms with Gasteiger partial charge in [0.1, 0.15) is 5.75 Å². The zero-order chi connectivity index (χ0) is 22.9. The zero-order valence-corrected chi connectivity index (χ0v) is 21.7. The van der Waals surface area contributed by atoms with Crippen LogP contribution in [0.25, 0.3) is 0 Å². The largest absolute Gasteiger partial charge is 0.493 e. The molecule has 0 saturated carbocycles. The van der Waals surface area contributed by atoms with Crippen molar-refractivity contribution >= 4 is 41.5 Å². The molecule has 2 N–H and O–H groups in total. The Bertz CT molecular complexity index is 945. The number of anilines is 1. The van der Waals surface area contributed by atoms with Crippen LogP contribution >= 0.6 is 24.0 Å². The van der Waals surface area contributed by atoms with Crippen molar-refractivity contribution < 1.29 is 23.7 Å². The number of aliphatic imine (C=N–C) groups is 1. The molecular weight excluding hydrogens is 539 g/mol. The van der Waals surface area contributed by atoms with Crippen LogP contribution in [0.1, 0.15) is 12.0 Å². The lowest BCUT2D eigenvalue weighted by molar-refractivity contribution is -0.121. The number of hydrogen-bond donors (Lipinski definition) is 2. The molecule has 1 heterocycles. The molecule has 33 heavy (non-hydrogen) atoms. The molecule has 0 saturated heterocycles. The van der Waals surface area contributed by atoms with E-state index in [1.807, 2.05) is 36.4 Å². The van der Waals surface area contributed by atoms with E-state index in [9.17, 15) is 4.79 Å². The maximum absolute atomic E-state index is 12.3. The highest BCUT2D eigenvalue weighted by Gasteiger charge is 2.24. The average Bonchev–Trinajstić information content (AvgIpc) is 2.83. The smallest absolute Gasteiger partial charge is 0.265 e. The molecule has 9 nitrogen and oxygen atoms in total. The molecule has 0 aliphatic carbocycles. The van der Waals surface area contributed by atoms with Gasteiger partial charge in [0.2, 0.25) is 5.75 Å². The zero-order valence-electron chi connectivity index (χ0n) is 19.3. The number of rotatable bonds is 9. The van der Waals surface area contributed by atoms with E-state index < -0.39 is 0 Å². The van der Waals surface area contributed by atoms with Gasteiger partial charge in [-0.3, -0.25) is 9.79 Å². The predicted molar refractivity (Wildman–Crippen MR) is 139 cm³/mol. The van der Waals surface area contributed by atoms with Crippen molar-refractivity contribution in [2.24, 2.45) is 4.99 Å². The quantitative estimate of drug-likeness (QED) is 0.207. The van der Waals surface area contributed by atoms with Crippen molar-refractivity contribution in [3.8, 4) is 23.0 Å². The second kappa shape index (κ2) is 13.0. The van der Waals surface area contributed by atoms with Gasteiger partial charge in [-0.1, -0.05) is 12.1 Å². The number of methoxy groups -OCH3 is 3. The van der Waals surface area contributed by atoms with E-state index >= 15 is 0 Å². The number of nitrogens with zero attached hydrogens (tertiary/aromatic N) is 2. The minimum absolute atomic E-state index is 0. The molecule has 0 aromatic heterocycles. The summed E-state index contributed by atoms with van der Waals surface area (Å²) >= 11 is 0. The first-order valence-electron chi connectivity index (χ1n) is 10.4. The molecule has 0 bridgehead atoms. The van der Waals surface area contributed by atoms with E-state index in [4.69, 9.17) is 18.9 Å². The number of hydrogen-bond acceptors (Lipinski definition) is 6. The molecule has 0 spiro atoms. The molecule has 10 heteroatoms. The average molecular weight is 570 g/mol. The minimum atomic E-state index is -0.0337. The SMILES string of the molecule is CN=C(NCCCN1C(=O)COc2ccccc21)NCc1cc(OC)c(OC)c(OC)c1.I. The van der Waals surface area contributed by atoms with Crippen LogP contribution in [0.4, 0.5) is 5.69 Å². The lowest BCUT2D eigenvalue weighted by atomic mass is 10.2. The van der Waals surface area contributed by atoms with Crippen molar-refractivity contribution in [2.45, 2.75) is 13.0 Å². The van der Waals surface area contributed by atoms with Gasteiger partial charge in [0.25, 0.3) is 5.91 Å². The summed E-state index contributed by atoms with van der Waals surface area (Å²) < 4.78 is 21.7. The summed E-state index contributed by atoms with van der Waals surface area (Å²) in [5.41, 5.74) is 1.77. The molecule has 2 aromatic carbocycles. The van der Waals surface area contributed by atoms with E-state index in [1.54, 1.807) is 33.3 Å². The predicted octanol–water partition coefficient (Wildman–Crippen LogP) is 2.81. The van der Waals surface area contributed by atoms with E-state index in [0.29, 0.717) is 42.8 Å². The normalized spacial score (nSPS) is 12.8. The van der Waals surface area contributed by atoms with Gasteiger partial charge < -0.3 is 34.5 Å². The van der Waals surface area contributed by atoms with Crippen LogP contribution in [-0.2, 0) is 11.3 Å². The Morgan fingerprint density at radius 1 is 1.09 bits per heavy atom. The van der Waals surface area contributed by atoms with Gasteiger partial charge in [-0.2, -0.15) is 0 Å². The Labute approximate surface area is 211 Å². The summed E-state index contributed by atoms with van der Waals surface area (Å²) in [6.45, 7) is 1.84. The fourth-order valence-corrected chi connectivity index (χ4v) is 3.49. The van der Waals surface area contributed by atoms with Crippen molar-refractivity contribution in [2.75, 3.05) is 53.0 Å². The number of carbonyl (C=O) groups excluding carboxylic acids is 1. The maximum atomic E-state index is 12.3. The first kappa shape index (κ1) is 26.4. The highest BCUT2D eigenvalue weighted by atomic mass is 127. The van der Waals surface area contributed by atoms with Gasteiger partial charge in [0, 0.05) is 26.7 Å². The third-order valence-electron chi connectivity index (χ3n) is 5.07. The van der Waals surface area contributed by atoms with Crippen LogP contribution in [0.2, 0.25) is 0 Å². The van der Waals surface area contributed by atoms with Crippen molar-refractivity contribution in [3.05, 3.63) is 42.0 Å². The molecule has 1 amide bonds. The Hall–Kier alpha value is -2.89. The lowest BCUT2D eigenvalue weighted by Crippen LogP contribution is -2.42. The van der Waals surface area contributed by atoms with Crippen LogP contribution in [0, 0.1) is 0 Å². The standard InChI is InChI=1S/C23H30N4O5.HI/c1-24-23(26-14-16-12-19(29-2)22(31-4)20(13-16)30-3)25-10-7-11-27-17-8-5-6-9-18(17)32-15-21(27)28;/h5-6,8-9,12-13H,7,10-11,14-15H2,1-4H3,(H2,24,25,26);1H. The van der Waals surface area contributed by atoms with Crippen molar-refractivity contribution in [1.82, 2.24) is 10.6 Å². The molecule has 0 fully saturated rings. The Morgan fingerprint density at radius 3 is 2.42 bits per heavy atom. The number of para-hydroxylation sites is 2. The minimum Gasteiger partial charge on any atom is -0.493 e. The van der Waals surface area contributed by atoms with E-state index in [2.05, 4.69) is 15.6 Å². The van der Waals surface area contributed by atoms with E-state index in [-0.39, 0.29) is 36.5 Å². The molecule has 3 rings (SSSR count). The fourth-order valence-electron chi connectivity index (χ4n) is 3.49. The molecular formula is C23H31IN4O5. The highest BCUT2D eigenvalue weighted by Crippen LogP contribution is 2.38. The molecule has 1 aliphatic rings. The molecule has 2 aromatic rings. The molecule has 180 valence electrons. The van der Waals surface area contributed by atoms with Crippen LogP contribution in [0.3, 0.4) is 0 Å². The Balaban J connectivity index is 0.00000385. The van der Waals surface area contributed by atoms with Gasteiger partial charge >= 0.3 is 0 Å². The van der Waals surface area contributed by atoms with Gasteiger partial charge in [-0.05, 0) is 36.2 Å². The molecule has 1 aliphatic heterocycles. The van der Waals surface area contributed by atoms with E-state index in [0.717, 1.165) is 23.4 Å². The van der Waals surface area contributed by atoms with Gasteiger partial charge in [0.05, 0.1) is 27.0 Å². The summed E-state index contributed by atoms with van der Waals surface area (Å²) in [5.74, 6) is 3.12. The number of carbonyl (C=O) groups is 1. The van der Waals surface area contributed by atoms with E-state index in [1.165, 1.54) is 0 Å². The first-order valence-corrected chi connectivity index (χ1v) is 10.4. The second-order valence-corrected chi connectivity index (χ2v) is 7.04. The van der Waals surface area contributed by atoms with Crippen LogP contribution in [-0.4, -0.2) is 59.9 Å². The van der Waals surface area contributed by atoms with Crippen molar-refractivity contribution in [3.63, 3.8) is 0 Å². The number of nitrogens with one attached hydrogen (secondary N) is 2. The Kier molecular flexibility index (Phi) is 10.4. The van der Waals surface area contributed by atoms with Crippen LogP contribution < -0.4 is 34.5 Å².